The van der Waals surface area contributed by atoms with E-state index < -0.39 is 12.0 Å². The van der Waals surface area contributed by atoms with Crippen LogP contribution in [0.25, 0.3) is 0 Å². The summed E-state index contributed by atoms with van der Waals surface area (Å²) in [5.74, 6) is 0.0349. The van der Waals surface area contributed by atoms with E-state index in [-0.39, 0.29) is 13.0 Å². The van der Waals surface area contributed by atoms with Gasteiger partial charge >= 0.3 is 12.0 Å². The van der Waals surface area contributed by atoms with Gasteiger partial charge in [-0.15, -0.1) is 0 Å². The van der Waals surface area contributed by atoms with E-state index in [0.717, 1.165) is 0 Å². The summed E-state index contributed by atoms with van der Waals surface area (Å²) < 4.78 is 10.9. The Kier molecular flexibility index (Phi) is 6.10. The van der Waals surface area contributed by atoms with Crippen LogP contribution in [0.15, 0.2) is 16.6 Å². The lowest BCUT2D eigenvalue weighted by atomic mass is 10.3. The molecule has 0 atom stereocenters. The number of carbonyl (C=O) groups is 2. The number of aliphatic carboxylic acids is 1. The monoisotopic (exact) mass is 346 g/mol. The molecule has 8 heteroatoms. The highest BCUT2D eigenvalue weighted by Crippen LogP contribution is 2.37. The van der Waals surface area contributed by atoms with Crippen LogP contribution < -0.4 is 20.1 Å². The summed E-state index contributed by atoms with van der Waals surface area (Å²) >= 11 is 3.32. The SMILES string of the molecule is COc1cc(NC(=O)NCCC(=O)O)cc(OC)c1Br. The molecule has 0 unspecified atom stereocenters. The maximum Gasteiger partial charge on any atom is 0.319 e. The molecule has 0 saturated carbocycles. The number of amides is 2. The van der Waals surface area contributed by atoms with Crippen molar-refractivity contribution in [1.29, 1.82) is 0 Å². The molecular weight excluding hydrogens is 332 g/mol. The highest BCUT2D eigenvalue weighted by Gasteiger charge is 2.11. The van der Waals surface area contributed by atoms with E-state index in [9.17, 15) is 9.59 Å². The number of hydrogen-bond acceptors (Lipinski definition) is 4. The molecule has 7 nitrogen and oxygen atoms in total. The molecule has 1 aromatic carbocycles. The van der Waals surface area contributed by atoms with E-state index in [1.165, 1.54) is 14.2 Å². The smallest absolute Gasteiger partial charge is 0.319 e. The van der Waals surface area contributed by atoms with Crippen LogP contribution in [0.5, 0.6) is 11.5 Å². The minimum absolute atomic E-state index is 0.0476. The highest BCUT2D eigenvalue weighted by atomic mass is 79.9. The molecule has 0 fully saturated rings. The number of carbonyl (C=O) groups excluding carboxylic acids is 1. The maximum atomic E-state index is 11.6. The maximum absolute atomic E-state index is 11.6. The normalized spacial score (nSPS) is 9.75. The molecule has 0 aliphatic rings. The summed E-state index contributed by atoms with van der Waals surface area (Å²) in [5, 5.41) is 13.5. The number of hydrogen-bond donors (Lipinski definition) is 3. The van der Waals surface area contributed by atoms with Crippen molar-refractivity contribution >= 4 is 33.6 Å². The van der Waals surface area contributed by atoms with Crippen molar-refractivity contribution in [2.75, 3.05) is 26.1 Å². The molecule has 0 aliphatic carbocycles. The average Bonchev–Trinajstić information content (AvgIpc) is 2.40. The van der Waals surface area contributed by atoms with Crippen LogP contribution in [0.2, 0.25) is 0 Å². The number of urea groups is 1. The van der Waals surface area contributed by atoms with Gasteiger partial charge < -0.3 is 25.2 Å². The van der Waals surface area contributed by atoms with Gasteiger partial charge in [-0.1, -0.05) is 0 Å². The fourth-order valence-electron chi connectivity index (χ4n) is 1.40. The second kappa shape index (κ2) is 7.59. The first-order valence-electron chi connectivity index (χ1n) is 5.66. The number of carboxylic acids is 1. The summed E-state index contributed by atoms with van der Waals surface area (Å²) in [7, 11) is 2.99. The van der Waals surface area contributed by atoms with Crippen molar-refractivity contribution in [3.63, 3.8) is 0 Å². The van der Waals surface area contributed by atoms with Crippen molar-refractivity contribution in [2.24, 2.45) is 0 Å². The topological polar surface area (TPSA) is 96.9 Å². The molecule has 3 N–H and O–H groups in total. The Morgan fingerprint density at radius 1 is 1.25 bits per heavy atom. The Morgan fingerprint density at radius 2 is 1.80 bits per heavy atom. The molecule has 0 aromatic heterocycles. The molecule has 0 spiro atoms. The van der Waals surface area contributed by atoms with Crippen molar-refractivity contribution in [3.05, 3.63) is 16.6 Å². The lowest BCUT2D eigenvalue weighted by Crippen LogP contribution is -2.30. The third-order valence-electron chi connectivity index (χ3n) is 2.33. The lowest BCUT2D eigenvalue weighted by molar-refractivity contribution is -0.136. The predicted molar refractivity (Wildman–Crippen MR) is 76.5 cm³/mol. The third-order valence-corrected chi connectivity index (χ3v) is 3.11. The van der Waals surface area contributed by atoms with Crippen molar-refractivity contribution < 1.29 is 24.2 Å². The van der Waals surface area contributed by atoms with Crippen LogP contribution >= 0.6 is 15.9 Å². The summed E-state index contributed by atoms with van der Waals surface area (Å²) in [6, 6.07) is 2.73. The van der Waals surface area contributed by atoms with Crippen LogP contribution in [0, 0.1) is 0 Å². The van der Waals surface area contributed by atoms with E-state index in [0.29, 0.717) is 21.7 Å². The Hall–Kier alpha value is -1.96. The number of methoxy groups -OCH3 is 2. The van der Waals surface area contributed by atoms with E-state index in [2.05, 4.69) is 26.6 Å². The summed E-state index contributed by atoms with van der Waals surface area (Å²) in [6.45, 7) is 0.0476. The van der Waals surface area contributed by atoms with Gasteiger partial charge in [-0.2, -0.15) is 0 Å². The van der Waals surface area contributed by atoms with Crippen LogP contribution in [-0.4, -0.2) is 37.9 Å². The molecule has 0 radical (unpaired) electrons. The second-order valence-corrected chi connectivity index (χ2v) is 4.51. The summed E-state index contributed by atoms with van der Waals surface area (Å²) in [5.41, 5.74) is 0.467. The van der Waals surface area contributed by atoms with Crippen molar-refractivity contribution in [3.8, 4) is 11.5 Å². The predicted octanol–water partition coefficient (Wildman–Crippen LogP) is 2.06. The van der Waals surface area contributed by atoms with Gasteiger partial charge in [0.25, 0.3) is 0 Å². The van der Waals surface area contributed by atoms with Crippen LogP contribution in [0.1, 0.15) is 6.42 Å². The van der Waals surface area contributed by atoms with Gasteiger partial charge in [0.2, 0.25) is 0 Å². The standard InChI is InChI=1S/C12H15BrN2O5/c1-19-8-5-7(6-9(20-2)11(8)13)15-12(18)14-4-3-10(16)17/h5-6H,3-4H2,1-2H3,(H,16,17)(H2,14,15,18). The summed E-state index contributed by atoms with van der Waals surface area (Å²) in [4.78, 5) is 21.9. The van der Waals surface area contributed by atoms with Gasteiger partial charge in [0.15, 0.2) is 0 Å². The molecular formula is C12H15BrN2O5. The minimum Gasteiger partial charge on any atom is -0.495 e. The van der Waals surface area contributed by atoms with Crippen LogP contribution in [0.3, 0.4) is 0 Å². The van der Waals surface area contributed by atoms with Crippen LogP contribution in [0.4, 0.5) is 10.5 Å². The first-order valence-corrected chi connectivity index (χ1v) is 6.45. The van der Waals surface area contributed by atoms with Crippen molar-refractivity contribution in [2.45, 2.75) is 6.42 Å². The van der Waals surface area contributed by atoms with Gasteiger partial charge in [-0.3, -0.25) is 4.79 Å². The molecule has 1 rings (SSSR count). The van der Waals surface area contributed by atoms with E-state index in [1.54, 1.807) is 12.1 Å². The fourth-order valence-corrected chi connectivity index (χ4v) is 1.95. The largest absolute Gasteiger partial charge is 0.495 e. The molecule has 0 heterocycles. The second-order valence-electron chi connectivity index (χ2n) is 3.72. The quantitative estimate of drug-likeness (QED) is 0.732. The van der Waals surface area contributed by atoms with E-state index in [4.69, 9.17) is 14.6 Å². The van der Waals surface area contributed by atoms with Crippen molar-refractivity contribution in [1.82, 2.24) is 5.32 Å². The number of halogens is 1. The van der Waals surface area contributed by atoms with Gasteiger partial charge in [-0.25, -0.2) is 4.79 Å². The molecule has 20 heavy (non-hydrogen) atoms. The zero-order valence-electron chi connectivity index (χ0n) is 11.0. The number of anilines is 1. The van der Waals surface area contributed by atoms with Gasteiger partial charge in [-0.05, 0) is 15.9 Å². The van der Waals surface area contributed by atoms with Crippen LogP contribution in [-0.2, 0) is 4.79 Å². The molecule has 0 aliphatic heterocycles. The van der Waals surface area contributed by atoms with Gasteiger partial charge in [0.1, 0.15) is 16.0 Å². The molecule has 1 aromatic rings. The molecule has 0 saturated heterocycles. The Balaban J connectivity index is 2.72. The third kappa shape index (κ3) is 4.61. The van der Waals surface area contributed by atoms with Gasteiger partial charge in [0.05, 0.1) is 20.6 Å². The lowest BCUT2D eigenvalue weighted by Gasteiger charge is -2.12. The number of ether oxygens (including phenoxy) is 2. The van der Waals surface area contributed by atoms with E-state index in [1.807, 2.05) is 0 Å². The number of rotatable bonds is 6. The molecule has 110 valence electrons. The molecule has 0 bridgehead atoms. The fraction of sp³-hybridized carbons (Fsp3) is 0.333. The Morgan fingerprint density at radius 3 is 2.25 bits per heavy atom. The highest BCUT2D eigenvalue weighted by molar-refractivity contribution is 9.10. The van der Waals surface area contributed by atoms with Gasteiger partial charge in [0, 0.05) is 24.4 Å². The first-order chi connectivity index (χ1) is 9.47. The Bertz CT molecular complexity index is 482. The zero-order valence-corrected chi connectivity index (χ0v) is 12.6. The Labute approximate surface area is 124 Å². The number of carboxylic acid groups (broad SMARTS) is 1. The number of nitrogens with one attached hydrogen (secondary N) is 2. The van der Waals surface area contributed by atoms with E-state index >= 15 is 0 Å². The minimum atomic E-state index is -0.975. The average molecular weight is 347 g/mol. The first kappa shape index (κ1) is 16.1. The number of benzene rings is 1. The zero-order chi connectivity index (χ0) is 15.1. The summed E-state index contributed by atoms with van der Waals surface area (Å²) in [6.07, 6.45) is -0.138. The molecule has 2 amide bonds.